The zero-order valence-corrected chi connectivity index (χ0v) is 29.5. The summed E-state index contributed by atoms with van der Waals surface area (Å²) in [5, 5.41) is 21.7. The van der Waals surface area contributed by atoms with Crippen molar-refractivity contribution < 1.29 is 14.9 Å². The second-order valence-electron chi connectivity index (χ2n) is 18.5. The van der Waals surface area contributed by atoms with Gasteiger partial charge in [0.25, 0.3) is 0 Å². The highest BCUT2D eigenvalue weighted by Gasteiger charge is 2.69. The lowest BCUT2D eigenvalue weighted by molar-refractivity contribution is -0.220. The van der Waals surface area contributed by atoms with Crippen LogP contribution in [0, 0.1) is 50.2 Å². The molecule has 5 aliphatic carbocycles. The molecule has 0 spiro atoms. The smallest absolute Gasteiger partial charge is 0.0720 e. The van der Waals surface area contributed by atoms with Crippen molar-refractivity contribution in [2.24, 2.45) is 50.2 Å². The van der Waals surface area contributed by atoms with Crippen LogP contribution >= 0.6 is 0 Å². The molecule has 4 fully saturated rings. The molecular formula is C40H63NO3. The van der Waals surface area contributed by atoms with E-state index in [0.29, 0.717) is 24.4 Å². The van der Waals surface area contributed by atoms with Gasteiger partial charge in [-0.3, -0.25) is 0 Å². The van der Waals surface area contributed by atoms with E-state index < -0.39 is 11.5 Å². The van der Waals surface area contributed by atoms with Crippen molar-refractivity contribution in [2.45, 2.75) is 132 Å². The van der Waals surface area contributed by atoms with Crippen LogP contribution in [0.5, 0.6) is 0 Å². The normalized spacial score (nSPS) is 46.4. The van der Waals surface area contributed by atoms with Crippen LogP contribution in [0.2, 0.25) is 0 Å². The van der Waals surface area contributed by atoms with Gasteiger partial charge < -0.3 is 19.8 Å². The molecule has 10 atom stereocenters. The quantitative estimate of drug-likeness (QED) is 0.320. The van der Waals surface area contributed by atoms with Gasteiger partial charge in [-0.25, -0.2) is 0 Å². The van der Waals surface area contributed by atoms with E-state index in [4.69, 9.17) is 4.74 Å². The van der Waals surface area contributed by atoms with Crippen LogP contribution < -0.4 is 0 Å². The van der Waals surface area contributed by atoms with E-state index in [1.165, 1.54) is 36.8 Å². The molecule has 4 heteroatoms. The van der Waals surface area contributed by atoms with Crippen LogP contribution in [-0.4, -0.2) is 48.0 Å². The van der Waals surface area contributed by atoms with Gasteiger partial charge in [-0.15, -0.1) is 0 Å². The lowest BCUT2D eigenvalue weighted by Crippen LogP contribution is -2.66. The fourth-order valence-corrected chi connectivity index (χ4v) is 12.2. The first kappa shape index (κ1) is 32.7. The number of aliphatic hydroxyl groups excluding tert-OH is 2. The maximum absolute atomic E-state index is 11.1. The Morgan fingerprint density at radius 1 is 0.818 bits per heavy atom. The first-order valence-electron chi connectivity index (χ1n) is 17.9. The molecule has 0 aliphatic heterocycles. The van der Waals surface area contributed by atoms with Gasteiger partial charge >= 0.3 is 0 Å². The fourth-order valence-electron chi connectivity index (χ4n) is 12.2. The molecule has 2 unspecified atom stereocenters. The number of allylic oxidation sites excluding steroid dienone is 2. The molecule has 0 radical (unpaired) electrons. The minimum absolute atomic E-state index is 0.0906. The number of rotatable bonds is 6. The molecule has 0 amide bonds. The van der Waals surface area contributed by atoms with Crippen molar-refractivity contribution in [3.05, 3.63) is 47.0 Å². The summed E-state index contributed by atoms with van der Waals surface area (Å²) in [6.07, 6.45) is 12.8. The highest BCUT2D eigenvalue weighted by Crippen LogP contribution is 2.75. The van der Waals surface area contributed by atoms with Crippen molar-refractivity contribution >= 4 is 0 Å². The van der Waals surface area contributed by atoms with Gasteiger partial charge in [-0.2, -0.15) is 0 Å². The molecule has 0 aromatic heterocycles. The Balaban J connectivity index is 1.29. The third kappa shape index (κ3) is 4.82. The number of benzene rings is 1. The summed E-state index contributed by atoms with van der Waals surface area (Å²) in [4.78, 5) is 2.22. The van der Waals surface area contributed by atoms with Gasteiger partial charge in [0, 0.05) is 17.4 Å². The SMILES string of the molecule is CN(C)Cc1ccc(CO[C@@H]2CC(C)(C)C[C@H]3C4=CCC5[C@@]6(C)CC[C@H](O)[C@](C)(CO)C6CC[C@@]5(C)[C@]4(C)CC[C@@]23C)cc1. The summed E-state index contributed by atoms with van der Waals surface area (Å²) in [6.45, 7) is 19.3. The van der Waals surface area contributed by atoms with Crippen LogP contribution in [0.25, 0.3) is 0 Å². The predicted octanol–water partition coefficient (Wildman–Crippen LogP) is 8.40. The minimum Gasteiger partial charge on any atom is -0.396 e. The summed E-state index contributed by atoms with van der Waals surface area (Å²) in [5.74, 6) is 1.51. The van der Waals surface area contributed by atoms with Crippen molar-refractivity contribution in [3.8, 4) is 0 Å². The van der Waals surface area contributed by atoms with Crippen LogP contribution in [0.15, 0.2) is 35.9 Å². The Morgan fingerprint density at radius 2 is 1.50 bits per heavy atom. The van der Waals surface area contributed by atoms with Gasteiger partial charge in [0.2, 0.25) is 0 Å². The standard InChI is InChI=1S/C40H63NO3/c1-35(2)22-30-29-14-15-32-37(4)18-17-33(43)38(5,26-42)31(37)16-19-40(32,7)39(29,6)21-20-36(30,3)34(23-35)44-25-28-12-10-27(11-13-28)24-41(8)9/h10-14,30-34,42-43H,15-26H2,1-9H3/t30-,31?,32?,33-,34+,36+,37-,38+,39+,40+/m0/s1. The molecule has 4 saturated carbocycles. The topological polar surface area (TPSA) is 52.9 Å². The highest BCUT2D eigenvalue weighted by molar-refractivity contribution is 5.34. The molecule has 246 valence electrons. The number of hydrogen-bond donors (Lipinski definition) is 2. The van der Waals surface area contributed by atoms with Gasteiger partial charge in [0.1, 0.15) is 0 Å². The molecule has 6 rings (SSSR count). The number of aliphatic hydroxyl groups is 2. The number of fused-ring (bicyclic) bond motifs is 7. The lowest BCUT2D eigenvalue weighted by Gasteiger charge is -2.71. The Kier molecular flexibility index (Phi) is 8.13. The predicted molar refractivity (Wildman–Crippen MR) is 180 cm³/mol. The van der Waals surface area contributed by atoms with Crippen LogP contribution in [0.4, 0.5) is 0 Å². The summed E-state index contributed by atoms with van der Waals surface area (Å²) in [7, 11) is 4.24. The van der Waals surface area contributed by atoms with Crippen LogP contribution in [0.1, 0.15) is 117 Å². The van der Waals surface area contributed by atoms with Crippen molar-refractivity contribution in [1.29, 1.82) is 0 Å². The minimum atomic E-state index is -0.395. The van der Waals surface area contributed by atoms with Gasteiger partial charge in [-0.1, -0.05) is 84.4 Å². The molecule has 2 N–H and O–H groups in total. The van der Waals surface area contributed by atoms with E-state index in [0.717, 1.165) is 38.6 Å². The van der Waals surface area contributed by atoms with E-state index in [9.17, 15) is 10.2 Å². The zero-order valence-electron chi connectivity index (χ0n) is 29.5. The maximum atomic E-state index is 11.1. The van der Waals surface area contributed by atoms with Crippen molar-refractivity contribution in [2.75, 3.05) is 20.7 Å². The summed E-state index contributed by atoms with van der Waals surface area (Å²) < 4.78 is 6.99. The Hall–Kier alpha value is -1.20. The average Bonchev–Trinajstić information content (AvgIpc) is 2.95. The zero-order chi connectivity index (χ0) is 31.9. The second-order valence-corrected chi connectivity index (χ2v) is 18.5. The Labute approximate surface area is 269 Å². The third-order valence-electron chi connectivity index (χ3n) is 15.2. The molecule has 0 saturated heterocycles. The van der Waals surface area contributed by atoms with Crippen molar-refractivity contribution in [1.82, 2.24) is 4.90 Å². The monoisotopic (exact) mass is 605 g/mol. The molecule has 4 nitrogen and oxygen atoms in total. The number of ether oxygens (including phenoxy) is 1. The number of nitrogens with zero attached hydrogens (tertiary/aromatic N) is 1. The fraction of sp³-hybridized carbons (Fsp3) is 0.800. The lowest BCUT2D eigenvalue weighted by atomic mass is 9.33. The molecule has 5 aliphatic rings. The first-order chi connectivity index (χ1) is 20.5. The van der Waals surface area contributed by atoms with Gasteiger partial charge in [0.05, 0.1) is 25.4 Å². The van der Waals surface area contributed by atoms with Gasteiger partial charge in [-0.05, 0) is 122 Å². The van der Waals surface area contributed by atoms with E-state index in [2.05, 4.69) is 97.8 Å². The highest BCUT2D eigenvalue weighted by atomic mass is 16.5. The molecule has 0 heterocycles. The Bertz CT molecular complexity index is 1250. The average molecular weight is 606 g/mol. The van der Waals surface area contributed by atoms with Crippen LogP contribution in [-0.2, 0) is 17.9 Å². The molecule has 44 heavy (non-hydrogen) atoms. The maximum Gasteiger partial charge on any atom is 0.0720 e. The second kappa shape index (κ2) is 10.9. The van der Waals surface area contributed by atoms with Gasteiger partial charge in [0.15, 0.2) is 0 Å². The molecule has 1 aromatic carbocycles. The molecule has 1 aromatic rings. The first-order valence-corrected chi connectivity index (χ1v) is 17.9. The third-order valence-corrected chi connectivity index (χ3v) is 15.2. The van der Waals surface area contributed by atoms with Crippen LogP contribution in [0.3, 0.4) is 0 Å². The largest absolute Gasteiger partial charge is 0.396 e. The van der Waals surface area contributed by atoms with E-state index >= 15 is 0 Å². The summed E-state index contributed by atoms with van der Waals surface area (Å²) >= 11 is 0. The van der Waals surface area contributed by atoms with E-state index in [-0.39, 0.29) is 39.8 Å². The van der Waals surface area contributed by atoms with E-state index in [1.807, 2.05) is 0 Å². The summed E-state index contributed by atoms with van der Waals surface area (Å²) in [6, 6.07) is 9.04. The number of hydrogen-bond acceptors (Lipinski definition) is 4. The summed E-state index contributed by atoms with van der Waals surface area (Å²) in [5.41, 5.74) is 4.94. The molecule has 0 bridgehead atoms. The molecular weight excluding hydrogens is 542 g/mol. The van der Waals surface area contributed by atoms with Crippen molar-refractivity contribution in [3.63, 3.8) is 0 Å². The van der Waals surface area contributed by atoms with E-state index in [1.54, 1.807) is 5.57 Å². The Morgan fingerprint density at radius 3 is 2.16 bits per heavy atom.